The Balaban J connectivity index is 1.57. The van der Waals surface area contributed by atoms with E-state index in [-0.39, 0.29) is 48.2 Å². The summed E-state index contributed by atoms with van der Waals surface area (Å²) >= 11 is 0. The van der Waals surface area contributed by atoms with Crippen LogP contribution in [0.1, 0.15) is 111 Å². The van der Waals surface area contributed by atoms with Crippen LogP contribution in [0, 0.1) is 24.5 Å². The minimum atomic E-state index is -1.16. The van der Waals surface area contributed by atoms with Crippen molar-refractivity contribution in [1.29, 1.82) is 0 Å². The van der Waals surface area contributed by atoms with E-state index in [0.717, 1.165) is 63.5 Å². The molecule has 3 rings (SSSR count). The van der Waals surface area contributed by atoms with Crippen LogP contribution in [0.25, 0.3) is 0 Å². The largest absolute Gasteiger partial charge is 0.391 e. The molecule has 3 N–H and O–H groups in total. The molecule has 294 valence electrons. The highest BCUT2D eigenvalue weighted by atomic mass is 19.1. The Bertz CT molecular complexity index is 1470. The number of hydrogen-bond acceptors (Lipinski definition) is 6. The van der Waals surface area contributed by atoms with Crippen molar-refractivity contribution in [2.75, 3.05) is 52.4 Å². The molecule has 2 aromatic carbocycles. The Hall–Kier alpha value is -3.90. The molecule has 1 fully saturated rings. The third kappa shape index (κ3) is 14.5. The molecule has 4 amide bonds. The Morgan fingerprint density at radius 2 is 1.49 bits per heavy atom. The zero-order valence-corrected chi connectivity index (χ0v) is 32.4. The third-order valence-electron chi connectivity index (χ3n) is 10.1. The highest BCUT2D eigenvalue weighted by Gasteiger charge is 2.26. The minimum absolute atomic E-state index is 0.0649. The van der Waals surface area contributed by atoms with Gasteiger partial charge in [0.1, 0.15) is 11.6 Å². The van der Waals surface area contributed by atoms with Gasteiger partial charge in [0, 0.05) is 69.3 Å². The van der Waals surface area contributed by atoms with Crippen LogP contribution in [-0.2, 0) is 16.0 Å². The number of piperidine rings is 1. The summed E-state index contributed by atoms with van der Waals surface area (Å²) in [7, 11) is 0. The highest BCUT2D eigenvalue weighted by molar-refractivity contribution is 6.00. The molecule has 10 nitrogen and oxygen atoms in total. The number of carbonyl (C=O) groups excluding carboxylic acids is 4. The monoisotopic (exact) mass is 741 g/mol. The van der Waals surface area contributed by atoms with E-state index in [4.69, 9.17) is 0 Å². The van der Waals surface area contributed by atoms with E-state index in [1.165, 1.54) is 6.07 Å². The summed E-state index contributed by atoms with van der Waals surface area (Å²) in [6.07, 6.45) is 3.72. The number of aryl methyl sites for hydroxylation is 1. The molecule has 12 heteroatoms. The number of aliphatic hydroxyl groups is 1. The lowest BCUT2D eigenvalue weighted by atomic mass is 9.92. The number of hydrogen-bond donors (Lipinski definition) is 3. The van der Waals surface area contributed by atoms with E-state index >= 15 is 0 Å². The van der Waals surface area contributed by atoms with Crippen LogP contribution in [0.15, 0.2) is 36.4 Å². The highest BCUT2D eigenvalue weighted by Crippen LogP contribution is 2.23. The first-order valence-electron chi connectivity index (χ1n) is 19.5. The summed E-state index contributed by atoms with van der Waals surface area (Å²) in [5, 5.41) is 16.9. The SMILES string of the molecule is CCCN(CCC)C(=O)c1cc(C)cc(C(=O)N[C@@H](Cc2cc(F)cc(F)c2)[C@H](O)CCNC(=O)CCC2CCN(C(=O)CCN(CC)CC)CC2)c1. The second-order valence-electron chi connectivity index (χ2n) is 14.3. The van der Waals surface area contributed by atoms with Gasteiger partial charge < -0.3 is 30.4 Å². The van der Waals surface area contributed by atoms with Crippen LogP contribution >= 0.6 is 0 Å². The Kier molecular flexibility index (Phi) is 18.3. The second kappa shape index (κ2) is 22.3. The number of rotatable bonds is 21. The number of aliphatic hydroxyl groups excluding tert-OH is 1. The van der Waals surface area contributed by atoms with Crippen LogP contribution in [0.2, 0.25) is 0 Å². The van der Waals surface area contributed by atoms with Crippen LogP contribution in [0.5, 0.6) is 0 Å². The van der Waals surface area contributed by atoms with Gasteiger partial charge in [0.25, 0.3) is 11.8 Å². The van der Waals surface area contributed by atoms with Crippen molar-refractivity contribution in [3.63, 3.8) is 0 Å². The topological polar surface area (TPSA) is 122 Å². The maximum Gasteiger partial charge on any atom is 0.253 e. The summed E-state index contributed by atoms with van der Waals surface area (Å²) in [4.78, 5) is 58.3. The molecule has 1 aliphatic rings. The molecule has 0 bridgehead atoms. The van der Waals surface area contributed by atoms with Gasteiger partial charge in [-0.25, -0.2) is 8.78 Å². The fourth-order valence-electron chi connectivity index (χ4n) is 7.00. The maximum absolute atomic E-state index is 14.1. The molecule has 0 spiro atoms. The Morgan fingerprint density at radius 3 is 2.09 bits per heavy atom. The van der Waals surface area contributed by atoms with Crippen LogP contribution in [0.3, 0.4) is 0 Å². The molecule has 1 aliphatic heterocycles. The van der Waals surface area contributed by atoms with E-state index in [0.29, 0.717) is 62.5 Å². The van der Waals surface area contributed by atoms with Crippen molar-refractivity contribution in [1.82, 2.24) is 25.3 Å². The molecular weight excluding hydrogens is 680 g/mol. The van der Waals surface area contributed by atoms with E-state index < -0.39 is 29.7 Å². The lowest BCUT2D eigenvalue weighted by Gasteiger charge is -2.32. The number of benzene rings is 2. The minimum Gasteiger partial charge on any atom is -0.391 e. The zero-order valence-electron chi connectivity index (χ0n) is 32.4. The molecule has 0 radical (unpaired) electrons. The molecule has 1 heterocycles. The van der Waals surface area contributed by atoms with Gasteiger partial charge in [0.2, 0.25) is 11.8 Å². The Labute approximate surface area is 314 Å². The number of nitrogens with one attached hydrogen (secondary N) is 2. The average molecular weight is 742 g/mol. The quantitative estimate of drug-likeness (QED) is 0.156. The van der Waals surface area contributed by atoms with Crippen LogP contribution in [0.4, 0.5) is 8.78 Å². The van der Waals surface area contributed by atoms with Crippen LogP contribution in [-0.4, -0.2) is 108 Å². The predicted molar refractivity (Wildman–Crippen MR) is 204 cm³/mol. The third-order valence-corrected chi connectivity index (χ3v) is 10.1. The van der Waals surface area contributed by atoms with Gasteiger partial charge in [-0.1, -0.05) is 27.7 Å². The van der Waals surface area contributed by atoms with E-state index in [9.17, 15) is 33.1 Å². The molecule has 1 saturated heterocycles. The first kappa shape index (κ1) is 43.5. The Morgan fingerprint density at radius 1 is 0.868 bits per heavy atom. The van der Waals surface area contributed by atoms with Crippen molar-refractivity contribution in [2.24, 2.45) is 5.92 Å². The lowest BCUT2D eigenvalue weighted by Crippen LogP contribution is -2.46. The molecule has 2 aromatic rings. The van der Waals surface area contributed by atoms with Gasteiger partial charge in [-0.15, -0.1) is 0 Å². The summed E-state index contributed by atoms with van der Waals surface area (Å²) in [6, 6.07) is 7.04. The molecule has 0 aromatic heterocycles. The van der Waals surface area contributed by atoms with Gasteiger partial charge in [-0.2, -0.15) is 0 Å². The van der Waals surface area contributed by atoms with Gasteiger partial charge >= 0.3 is 0 Å². The molecular formula is C41H61F2N5O5. The zero-order chi connectivity index (χ0) is 38.9. The average Bonchev–Trinajstić information content (AvgIpc) is 3.13. The lowest BCUT2D eigenvalue weighted by molar-refractivity contribution is -0.133. The summed E-state index contributed by atoms with van der Waals surface area (Å²) in [5.74, 6) is -1.88. The molecule has 0 unspecified atom stereocenters. The van der Waals surface area contributed by atoms with E-state index in [1.54, 1.807) is 24.0 Å². The van der Waals surface area contributed by atoms with Crippen molar-refractivity contribution in [2.45, 2.75) is 105 Å². The first-order chi connectivity index (χ1) is 25.4. The van der Waals surface area contributed by atoms with Gasteiger partial charge in [-0.3, -0.25) is 19.2 Å². The summed E-state index contributed by atoms with van der Waals surface area (Å²) in [6.45, 7) is 15.3. The van der Waals surface area contributed by atoms with Crippen molar-refractivity contribution < 1.29 is 33.1 Å². The summed E-state index contributed by atoms with van der Waals surface area (Å²) in [5.41, 5.74) is 1.58. The van der Waals surface area contributed by atoms with Gasteiger partial charge in [-0.05, 0) is 112 Å². The molecule has 0 saturated carbocycles. The fourth-order valence-corrected chi connectivity index (χ4v) is 7.00. The number of carbonyl (C=O) groups is 4. The van der Waals surface area contributed by atoms with E-state index in [1.807, 2.05) is 18.7 Å². The summed E-state index contributed by atoms with van der Waals surface area (Å²) < 4.78 is 28.2. The number of likely N-dealkylation sites (tertiary alicyclic amines) is 1. The fraction of sp³-hybridized carbons (Fsp3) is 0.610. The van der Waals surface area contributed by atoms with E-state index in [2.05, 4.69) is 29.4 Å². The van der Waals surface area contributed by atoms with Crippen molar-refractivity contribution in [3.05, 3.63) is 70.3 Å². The number of amides is 4. The standard InChI is InChI=1S/C41H61F2N5O5/c1-6-17-48(18-7-2)41(53)33-23-29(5)22-32(27-33)40(52)45-36(26-31-24-34(42)28-35(43)25-31)37(49)12-16-44-38(50)11-10-30-13-20-47(21-14-30)39(51)15-19-46(8-3)9-4/h22-25,27-28,30,36-37,49H,6-21,26H2,1-5H3,(H,44,50)(H,45,52)/t36-,37+/m0/s1. The molecule has 53 heavy (non-hydrogen) atoms. The van der Waals surface area contributed by atoms with Crippen molar-refractivity contribution >= 4 is 23.6 Å². The van der Waals surface area contributed by atoms with Gasteiger partial charge in [0.05, 0.1) is 12.1 Å². The van der Waals surface area contributed by atoms with Gasteiger partial charge in [0.15, 0.2) is 0 Å². The molecule has 2 atom stereocenters. The van der Waals surface area contributed by atoms with Crippen molar-refractivity contribution in [3.8, 4) is 0 Å². The molecule has 0 aliphatic carbocycles. The normalized spacial score (nSPS) is 14.5. The van der Waals surface area contributed by atoms with Crippen LogP contribution < -0.4 is 10.6 Å². The number of halogens is 2. The second-order valence-corrected chi connectivity index (χ2v) is 14.3. The smallest absolute Gasteiger partial charge is 0.253 e. The predicted octanol–water partition coefficient (Wildman–Crippen LogP) is 5.49. The first-order valence-corrected chi connectivity index (χ1v) is 19.5. The number of nitrogens with zero attached hydrogens (tertiary/aromatic N) is 3. The maximum atomic E-state index is 14.1.